The van der Waals surface area contributed by atoms with E-state index in [2.05, 4.69) is 25.2 Å². The first-order valence-corrected chi connectivity index (χ1v) is 13.6. The monoisotopic (exact) mass is 498 g/mol. The van der Waals surface area contributed by atoms with E-state index in [1.54, 1.807) is 0 Å². The van der Waals surface area contributed by atoms with Gasteiger partial charge in [-0.3, -0.25) is 4.79 Å². The van der Waals surface area contributed by atoms with Crippen LogP contribution < -0.4 is 0 Å². The fourth-order valence-corrected chi connectivity index (χ4v) is 4.67. The highest BCUT2D eigenvalue weighted by Gasteiger charge is 2.42. The Balaban J connectivity index is 2.94. The van der Waals surface area contributed by atoms with Crippen molar-refractivity contribution in [3.63, 3.8) is 0 Å². The standard InChI is InChI=1S/C28H50O7/c1-6-9-12-15-23(34-21(4)32-7-2)18-19-25-24(16-13-10-11-14-17-28(30)31)26(29)20-27(25)35-22(5)33-8-3/h10,13,18-19,21-27,29H,6-9,11-12,14-17,20H2,1-5H3,(H,30,31)/b13-10-,19-18+/t21-,22-,23-,24+,25+,26-,27+/m0/s1. The van der Waals surface area contributed by atoms with E-state index in [1.165, 1.54) is 0 Å². The molecule has 2 N–H and O–H groups in total. The molecule has 35 heavy (non-hydrogen) atoms. The lowest BCUT2D eigenvalue weighted by molar-refractivity contribution is -0.163. The van der Waals surface area contributed by atoms with Crippen molar-refractivity contribution in [2.24, 2.45) is 11.8 Å². The number of aliphatic hydroxyl groups excluding tert-OH is 1. The Hall–Kier alpha value is -1.25. The Bertz CT molecular complexity index is 606. The van der Waals surface area contributed by atoms with Gasteiger partial charge in [-0.15, -0.1) is 0 Å². The van der Waals surface area contributed by atoms with E-state index >= 15 is 0 Å². The molecule has 0 aromatic carbocycles. The first kappa shape index (κ1) is 31.8. The number of ether oxygens (including phenoxy) is 4. The van der Waals surface area contributed by atoms with Gasteiger partial charge in [-0.2, -0.15) is 0 Å². The van der Waals surface area contributed by atoms with Crippen LogP contribution >= 0.6 is 0 Å². The molecule has 0 aliphatic heterocycles. The lowest BCUT2D eigenvalue weighted by atomic mass is 9.89. The van der Waals surface area contributed by atoms with Crippen molar-refractivity contribution in [1.82, 2.24) is 0 Å². The molecule has 0 amide bonds. The van der Waals surface area contributed by atoms with Crippen molar-refractivity contribution >= 4 is 5.97 Å². The van der Waals surface area contributed by atoms with E-state index in [-0.39, 0.29) is 43.0 Å². The number of aliphatic carboxylic acids is 1. The van der Waals surface area contributed by atoms with Crippen LogP contribution in [0.5, 0.6) is 0 Å². The molecule has 0 radical (unpaired) electrons. The highest BCUT2D eigenvalue weighted by Crippen LogP contribution is 2.39. The number of aliphatic hydroxyl groups is 1. The summed E-state index contributed by atoms with van der Waals surface area (Å²) in [4.78, 5) is 10.7. The fraction of sp³-hybridized carbons (Fsp3) is 0.821. The topological polar surface area (TPSA) is 94.5 Å². The number of hydrogen-bond donors (Lipinski definition) is 2. The lowest BCUT2D eigenvalue weighted by Crippen LogP contribution is -2.27. The molecule has 1 aliphatic rings. The van der Waals surface area contributed by atoms with Gasteiger partial charge in [-0.1, -0.05) is 50.5 Å². The molecular weight excluding hydrogens is 448 g/mol. The van der Waals surface area contributed by atoms with Gasteiger partial charge in [0.25, 0.3) is 0 Å². The van der Waals surface area contributed by atoms with E-state index in [4.69, 9.17) is 24.1 Å². The summed E-state index contributed by atoms with van der Waals surface area (Å²) in [5.74, 6) is -0.731. The summed E-state index contributed by atoms with van der Waals surface area (Å²) in [6, 6.07) is 0. The van der Waals surface area contributed by atoms with Crippen LogP contribution in [0.4, 0.5) is 0 Å². The second-order valence-corrected chi connectivity index (χ2v) is 9.31. The van der Waals surface area contributed by atoms with Gasteiger partial charge in [0.1, 0.15) is 0 Å². The minimum Gasteiger partial charge on any atom is -0.481 e. The Morgan fingerprint density at radius 1 is 1.03 bits per heavy atom. The van der Waals surface area contributed by atoms with Crippen LogP contribution in [0.15, 0.2) is 24.3 Å². The molecule has 0 heterocycles. The summed E-state index contributed by atoms with van der Waals surface area (Å²) >= 11 is 0. The Kier molecular flexibility index (Phi) is 17.2. The first-order chi connectivity index (χ1) is 16.8. The average Bonchev–Trinajstić information content (AvgIpc) is 3.08. The summed E-state index contributed by atoms with van der Waals surface area (Å²) in [7, 11) is 0. The zero-order valence-electron chi connectivity index (χ0n) is 22.6. The zero-order chi connectivity index (χ0) is 26.1. The van der Waals surface area contributed by atoms with E-state index in [9.17, 15) is 9.90 Å². The Morgan fingerprint density at radius 2 is 1.74 bits per heavy atom. The molecule has 1 rings (SSSR count). The quantitative estimate of drug-likeness (QED) is 0.123. The third-order valence-electron chi connectivity index (χ3n) is 6.40. The van der Waals surface area contributed by atoms with Crippen LogP contribution in [0.2, 0.25) is 0 Å². The van der Waals surface area contributed by atoms with Crippen LogP contribution in [0.25, 0.3) is 0 Å². The molecule has 0 unspecified atom stereocenters. The first-order valence-electron chi connectivity index (χ1n) is 13.6. The van der Waals surface area contributed by atoms with Crippen molar-refractivity contribution in [2.75, 3.05) is 13.2 Å². The van der Waals surface area contributed by atoms with Crippen molar-refractivity contribution in [1.29, 1.82) is 0 Å². The lowest BCUT2D eigenvalue weighted by Gasteiger charge is -2.26. The van der Waals surface area contributed by atoms with E-state index in [1.807, 2.05) is 33.8 Å². The molecule has 1 fully saturated rings. The van der Waals surface area contributed by atoms with E-state index in [0.29, 0.717) is 32.5 Å². The van der Waals surface area contributed by atoms with Crippen molar-refractivity contribution in [3.8, 4) is 0 Å². The van der Waals surface area contributed by atoms with Crippen LogP contribution in [-0.2, 0) is 23.7 Å². The van der Waals surface area contributed by atoms with Crippen LogP contribution in [0.1, 0.15) is 92.4 Å². The number of carbonyl (C=O) groups is 1. The van der Waals surface area contributed by atoms with E-state index < -0.39 is 12.1 Å². The smallest absolute Gasteiger partial charge is 0.303 e. The highest BCUT2D eigenvalue weighted by molar-refractivity contribution is 5.66. The molecule has 0 bridgehead atoms. The third-order valence-corrected chi connectivity index (χ3v) is 6.40. The molecule has 0 aromatic rings. The summed E-state index contributed by atoms with van der Waals surface area (Å²) < 4.78 is 23.6. The number of carboxylic acid groups (broad SMARTS) is 1. The molecule has 0 spiro atoms. The van der Waals surface area contributed by atoms with Gasteiger partial charge in [0.2, 0.25) is 0 Å². The molecular formula is C28H50O7. The Morgan fingerprint density at radius 3 is 2.40 bits per heavy atom. The maximum Gasteiger partial charge on any atom is 0.303 e. The van der Waals surface area contributed by atoms with Gasteiger partial charge < -0.3 is 29.2 Å². The summed E-state index contributed by atoms with van der Waals surface area (Å²) in [6.07, 6.45) is 14.2. The summed E-state index contributed by atoms with van der Waals surface area (Å²) in [5.41, 5.74) is 0. The Labute approximate surface area is 212 Å². The van der Waals surface area contributed by atoms with Crippen molar-refractivity contribution < 1.29 is 34.0 Å². The van der Waals surface area contributed by atoms with Crippen molar-refractivity contribution in [2.45, 2.75) is 123 Å². The van der Waals surface area contributed by atoms with Gasteiger partial charge in [-0.05, 0) is 59.3 Å². The van der Waals surface area contributed by atoms with Gasteiger partial charge in [0, 0.05) is 32.0 Å². The molecule has 0 saturated heterocycles. The summed E-state index contributed by atoms with van der Waals surface area (Å²) in [5, 5.41) is 19.7. The third kappa shape index (κ3) is 13.6. The zero-order valence-corrected chi connectivity index (χ0v) is 22.6. The highest BCUT2D eigenvalue weighted by atomic mass is 16.7. The fourth-order valence-electron chi connectivity index (χ4n) is 4.67. The molecule has 204 valence electrons. The number of unbranched alkanes of at least 4 members (excludes halogenated alkanes) is 3. The summed E-state index contributed by atoms with van der Waals surface area (Å²) in [6.45, 7) is 11.1. The normalized spacial score (nSPS) is 25.4. The minimum absolute atomic E-state index is 0.0152. The molecule has 7 heteroatoms. The van der Waals surface area contributed by atoms with Gasteiger partial charge in [-0.25, -0.2) is 0 Å². The maximum atomic E-state index is 10.9. The molecule has 7 nitrogen and oxygen atoms in total. The molecule has 1 saturated carbocycles. The second-order valence-electron chi connectivity index (χ2n) is 9.31. The van der Waals surface area contributed by atoms with Crippen molar-refractivity contribution in [3.05, 3.63) is 24.3 Å². The number of allylic oxidation sites excluding steroid dienone is 2. The molecule has 7 atom stereocenters. The van der Waals surface area contributed by atoms with Gasteiger partial charge in [0.05, 0.1) is 18.3 Å². The number of rotatable bonds is 20. The SMILES string of the molecule is CCCCC[C@@H](/C=C/[C@@H]1[C@@H](C/C=C\CCCC(=O)O)[C@@H](O)C[C@H]1O[C@@H](C)OCC)O[C@@H](C)OCC. The molecule has 1 aliphatic carbocycles. The largest absolute Gasteiger partial charge is 0.481 e. The van der Waals surface area contributed by atoms with Crippen LogP contribution in [0, 0.1) is 11.8 Å². The average molecular weight is 499 g/mol. The van der Waals surface area contributed by atoms with Gasteiger partial charge in [0.15, 0.2) is 12.6 Å². The predicted molar refractivity (Wildman–Crippen MR) is 138 cm³/mol. The number of carboxylic acids is 1. The maximum absolute atomic E-state index is 10.9. The second kappa shape index (κ2) is 18.9. The van der Waals surface area contributed by atoms with Crippen LogP contribution in [-0.4, -0.2) is 60.3 Å². The van der Waals surface area contributed by atoms with Crippen LogP contribution in [0.3, 0.4) is 0 Å². The van der Waals surface area contributed by atoms with E-state index in [0.717, 1.165) is 32.1 Å². The minimum atomic E-state index is -0.771. The molecule has 0 aromatic heterocycles. The van der Waals surface area contributed by atoms with Gasteiger partial charge >= 0.3 is 5.97 Å². The predicted octanol–water partition coefficient (Wildman–Crippen LogP) is 5.86. The number of hydrogen-bond acceptors (Lipinski definition) is 6.